The molecule has 1 aromatic carbocycles. The maximum Gasteiger partial charge on any atom is 0.253 e. The largest absolute Gasteiger partial charge is 0.376 e. The zero-order valence-electron chi connectivity index (χ0n) is 20.9. The molecule has 0 heterocycles. The van der Waals surface area contributed by atoms with Crippen LogP contribution in [-0.4, -0.2) is 43.9 Å². The van der Waals surface area contributed by atoms with Crippen molar-refractivity contribution < 1.29 is 9.59 Å². The van der Waals surface area contributed by atoms with Crippen molar-refractivity contribution in [1.29, 1.82) is 0 Å². The van der Waals surface area contributed by atoms with E-state index in [9.17, 15) is 9.59 Å². The maximum absolute atomic E-state index is 12.0. The highest BCUT2D eigenvalue weighted by atomic mass is 16.2. The minimum Gasteiger partial charge on any atom is -0.376 e. The van der Waals surface area contributed by atoms with E-state index in [1.54, 1.807) is 31.1 Å². The molecule has 5 nitrogen and oxygen atoms in total. The average molecular weight is 446 g/mol. The van der Waals surface area contributed by atoms with Gasteiger partial charge in [0.2, 0.25) is 5.91 Å². The Balaban J connectivity index is 1.95. The van der Waals surface area contributed by atoms with Crippen LogP contribution in [0.5, 0.6) is 0 Å². The zero-order chi connectivity index (χ0) is 23.4. The molecule has 0 radical (unpaired) electrons. The minimum atomic E-state index is -0.0455. The highest BCUT2D eigenvalue weighted by Gasteiger charge is 2.08. The summed E-state index contributed by atoms with van der Waals surface area (Å²) in [5.41, 5.74) is 1.40. The smallest absolute Gasteiger partial charge is 0.253 e. The lowest BCUT2D eigenvalue weighted by molar-refractivity contribution is -0.119. The van der Waals surface area contributed by atoms with Gasteiger partial charge in [-0.1, -0.05) is 96.5 Å². The normalized spacial score (nSPS) is 10.7. The topological polar surface area (TPSA) is 61.4 Å². The highest BCUT2D eigenvalue weighted by molar-refractivity contribution is 5.95. The number of carbonyl (C=O) groups excluding carboxylic acids is 2. The molecule has 0 saturated carbocycles. The molecule has 5 heteroatoms. The highest BCUT2D eigenvalue weighted by Crippen LogP contribution is 2.13. The quantitative estimate of drug-likeness (QED) is 0.242. The summed E-state index contributed by atoms with van der Waals surface area (Å²) in [6, 6.07) is 7.26. The van der Waals surface area contributed by atoms with Crippen LogP contribution in [0.3, 0.4) is 0 Å². The molecular formula is C27H47N3O2. The second-order valence-electron chi connectivity index (χ2n) is 9.08. The molecule has 0 aliphatic rings. The number of nitrogens with zero attached hydrogens (tertiary/aromatic N) is 1. The van der Waals surface area contributed by atoms with E-state index in [1.165, 1.54) is 83.5 Å². The van der Waals surface area contributed by atoms with E-state index in [-0.39, 0.29) is 18.4 Å². The standard InChI is InChI=1S/C27H47N3O2/c1-4-5-6-7-8-9-10-11-12-13-14-15-16-17-21-28-26(31)23-29-25-20-18-19-24(22-25)27(32)30(2)3/h18-20,22,29H,4-17,21,23H2,1-3H3,(H,28,31). The van der Waals surface area contributed by atoms with E-state index in [1.807, 2.05) is 12.1 Å². The van der Waals surface area contributed by atoms with Gasteiger partial charge in [-0.05, 0) is 24.6 Å². The van der Waals surface area contributed by atoms with Gasteiger partial charge in [0.25, 0.3) is 5.91 Å². The Bertz CT molecular complexity index is 631. The first-order chi connectivity index (χ1) is 15.5. The van der Waals surface area contributed by atoms with Crippen LogP contribution >= 0.6 is 0 Å². The van der Waals surface area contributed by atoms with E-state index >= 15 is 0 Å². The third-order valence-corrected chi connectivity index (χ3v) is 5.82. The second-order valence-corrected chi connectivity index (χ2v) is 9.08. The van der Waals surface area contributed by atoms with Gasteiger partial charge in [0.1, 0.15) is 0 Å². The van der Waals surface area contributed by atoms with Gasteiger partial charge in [-0.15, -0.1) is 0 Å². The molecule has 0 spiro atoms. The van der Waals surface area contributed by atoms with E-state index in [0.717, 1.165) is 18.7 Å². The maximum atomic E-state index is 12.0. The van der Waals surface area contributed by atoms with Gasteiger partial charge in [-0.2, -0.15) is 0 Å². The number of hydrogen-bond acceptors (Lipinski definition) is 3. The number of benzene rings is 1. The van der Waals surface area contributed by atoms with Crippen molar-refractivity contribution in [2.75, 3.05) is 32.5 Å². The third-order valence-electron chi connectivity index (χ3n) is 5.82. The van der Waals surface area contributed by atoms with Crippen LogP contribution in [0.1, 0.15) is 107 Å². The lowest BCUT2D eigenvalue weighted by Gasteiger charge is -2.12. The first kappa shape index (κ1) is 28.0. The molecule has 0 aliphatic carbocycles. The van der Waals surface area contributed by atoms with Crippen LogP contribution in [0.25, 0.3) is 0 Å². The fourth-order valence-electron chi connectivity index (χ4n) is 3.81. The van der Waals surface area contributed by atoms with E-state index in [2.05, 4.69) is 17.6 Å². The van der Waals surface area contributed by atoms with E-state index < -0.39 is 0 Å². The SMILES string of the molecule is CCCCCCCCCCCCCCCCNC(=O)CNc1cccc(C(=O)N(C)C)c1. The summed E-state index contributed by atoms with van der Waals surface area (Å²) in [6.45, 7) is 3.23. The zero-order valence-corrected chi connectivity index (χ0v) is 20.9. The van der Waals surface area contributed by atoms with Crippen molar-refractivity contribution >= 4 is 17.5 Å². The third kappa shape index (κ3) is 14.1. The Labute approximate surface area is 196 Å². The predicted octanol–water partition coefficient (Wildman–Crippen LogP) is 6.40. The molecule has 1 rings (SSSR count). The summed E-state index contributed by atoms with van der Waals surface area (Å²) in [5.74, 6) is -0.0556. The summed E-state index contributed by atoms with van der Waals surface area (Å²) in [7, 11) is 3.46. The summed E-state index contributed by atoms with van der Waals surface area (Å²) in [4.78, 5) is 25.6. The molecule has 0 unspecified atom stereocenters. The van der Waals surface area contributed by atoms with Gasteiger partial charge < -0.3 is 15.5 Å². The van der Waals surface area contributed by atoms with Crippen LogP contribution < -0.4 is 10.6 Å². The number of anilines is 1. The second kappa shape index (κ2) is 18.5. The first-order valence-corrected chi connectivity index (χ1v) is 12.9. The molecule has 32 heavy (non-hydrogen) atoms. The Kier molecular flexibility index (Phi) is 16.2. The van der Waals surface area contributed by atoms with Crippen LogP contribution in [0.15, 0.2) is 24.3 Å². The number of carbonyl (C=O) groups is 2. The fourth-order valence-corrected chi connectivity index (χ4v) is 3.81. The lowest BCUT2D eigenvalue weighted by Crippen LogP contribution is -2.30. The summed E-state index contributed by atoms with van der Waals surface area (Å²) in [6.07, 6.45) is 18.7. The van der Waals surface area contributed by atoms with Crippen molar-refractivity contribution in [2.45, 2.75) is 96.8 Å². The molecule has 0 saturated heterocycles. The molecule has 2 amide bonds. The van der Waals surface area contributed by atoms with E-state index in [0.29, 0.717) is 5.56 Å². The Hall–Kier alpha value is -2.04. The first-order valence-electron chi connectivity index (χ1n) is 12.9. The van der Waals surface area contributed by atoms with Gasteiger partial charge in [-0.3, -0.25) is 9.59 Å². The van der Waals surface area contributed by atoms with Crippen LogP contribution in [0, 0.1) is 0 Å². The van der Waals surface area contributed by atoms with Crippen molar-refractivity contribution in [3.05, 3.63) is 29.8 Å². The van der Waals surface area contributed by atoms with Gasteiger partial charge in [0.15, 0.2) is 0 Å². The van der Waals surface area contributed by atoms with Crippen LogP contribution in [-0.2, 0) is 4.79 Å². The van der Waals surface area contributed by atoms with Gasteiger partial charge in [0, 0.05) is 31.9 Å². The average Bonchev–Trinajstić information content (AvgIpc) is 2.79. The Morgan fingerprint density at radius 2 is 1.31 bits per heavy atom. The van der Waals surface area contributed by atoms with Gasteiger partial charge in [-0.25, -0.2) is 0 Å². The summed E-state index contributed by atoms with van der Waals surface area (Å²) < 4.78 is 0. The molecule has 0 fully saturated rings. The van der Waals surface area contributed by atoms with Crippen molar-refractivity contribution in [1.82, 2.24) is 10.2 Å². The molecule has 2 N–H and O–H groups in total. The Morgan fingerprint density at radius 1 is 0.781 bits per heavy atom. The van der Waals surface area contributed by atoms with Crippen molar-refractivity contribution in [2.24, 2.45) is 0 Å². The molecule has 0 aliphatic heterocycles. The number of rotatable bonds is 19. The summed E-state index contributed by atoms with van der Waals surface area (Å²) >= 11 is 0. The van der Waals surface area contributed by atoms with Crippen LogP contribution in [0.4, 0.5) is 5.69 Å². The number of amides is 2. The number of nitrogens with one attached hydrogen (secondary N) is 2. The monoisotopic (exact) mass is 445 g/mol. The summed E-state index contributed by atoms with van der Waals surface area (Å²) in [5, 5.41) is 6.07. The molecule has 0 aromatic heterocycles. The predicted molar refractivity (Wildman–Crippen MR) is 136 cm³/mol. The number of unbranched alkanes of at least 4 members (excludes halogenated alkanes) is 13. The molecule has 0 atom stereocenters. The minimum absolute atomic E-state index is 0.0102. The van der Waals surface area contributed by atoms with Crippen molar-refractivity contribution in [3.63, 3.8) is 0 Å². The lowest BCUT2D eigenvalue weighted by atomic mass is 10.0. The number of hydrogen-bond donors (Lipinski definition) is 2. The molecule has 0 bridgehead atoms. The van der Waals surface area contributed by atoms with E-state index in [4.69, 9.17) is 0 Å². The molecular weight excluding hydrogens is 398 g/mol. The molecule has 1 aromatic rings. The molecule has 182 valence electrons. The van der Waals surface area contributed by atoms with Gasteiger partial charge >= 0.3 is 0 Å². The Morgan fingerprint density at radius 3 is 1.84 bits per heavy atom. The van der Waals surface area contributed by atoms with Crippen LogP contribution in [0.2, 0.25) is 0 Å². The van der Waals surface area contributed by atoms with Gasteiger partial charge in [0.05, 0.1) is 6.54 Å². The fraction of sp³-hybridized carbons (Fsp3) is 0.704. The van der Waals surface area contributed by atoms with Crippen molar-refractivity contribution in [3.8, 4) is 0 Å².